The SMILES string of the molecule is O=c1[nH]c2scc(-c3ccc(Cl)c(Cl)c3)c2c(=O)o1. The smallest absolute Gasteiger partial charge is 0.372 e. The molecule has 2 heterocycles. The highest BCUT2D eigenvalue weighted by Gasteiger charge is 2.13. The quantitative estimate of drug-likeness (QED) is 0.747. The van der Waals surface area contributed by atoms with Crippen molar-refractivity contribution >= 4 is 44.8 Å². The minimum absolute atomic E-state index is 0.336. The normalized spacial score (nSPS) is 11.1. The van der Waals surface area contributed by atoms with Crippen LogP contribution in [0.25, 0.3) is 21.3 Å². The Morgan fingerprint density at radius 2 is 1.95 bits per heavy atom. The molecule has 0 radical (unpaired) electrons. The number of benzene rings is 1. The van der Waals surface area contributed by atoms with Crippen LogP contribution in [0, 0.1) is 0 Å². The molecule has 0 aliphatic carbocycles. The van der Waals surface area contributed by atoms with Crippen LogP contribution < -0.4 is 11.4 Å². The lowest BCUT2D eigenvalue weighted by Crippen LogP contribution is -2.13. The third kappa shape index (κ3) is 2.10. The summed E-state index contributed by atoms with van der Waals surface area (Å²) in [5.74, 6) is -0.764. The highest BCUT2D eigenvalue weighted by Crippen LogP contribution is 2.33. The first kappa shape index (κ1) is 12.5. The molecule has 4 nitrogen and oxygen atoms in total. The van der Waals surface area contributed by atoms with E-state index in [0.717, 1.165) is 5.56 Å². The molecule has 0 unspecified atom stereocenters. The molecule has 3 rings (SSSR count). The summed E-state index contributed by atoms with van der Waals surface area (Å²) in [6.07, 6.45) is 0. The summed E-state index contributed by atoms with van der Waals surface area (Å²) < 4.78 is 4.55. The highest BCUT2D eigenvalue weighted by atomic mass is 35.5. The van der Waals surface area contributed by atoms with Gasteiger partial charge in [-0.05, 0) is 17.7 Å². The molecule has 0 saturated carbocycles. The van der Waals surface area contributed by atoms with E-state index in [1.165, 1.54) is 11.3 Å². The van der Waals surface area contributed by atoms with Gasteiger partial charge in [-0.2, -0.15) is 0 Å². The van der Waals surface area contributed by atoms with Crippen molar-refractivity contribution in [3.63, 3.8) is 0 Å². The van der Waals surface area contributed by atoms with E-state index >= 15 is 0 Å². The van der Waals surface area contributed by atoms with Gasteiger partial charge in [0.25, 0.3) is 0 Å². The first-order chi connectivity index (χ1) is 9.06. The fourth-order valence-electron chi connectivity index (χ4n) is 1.78. The summed E-state index contributed by atoms with van der Waals surface area (Å²) in [5.41, 5.74) is 0.727. The Balaban J connectivity index is 2.34. The lowest BCUT2D eigenvalue weighted by molar-refractivity contribution is 0.461. The van der Waals surface area contributed by atoms with Crippen molar-refractivity contribution in [3.8, 4) is 11.1 Å². The number of hydrogen-bond acceptors (Lipinski definition) is 4. The van der Waals surface area contributed by atoms with Gasteiger partial charge >= 0.3 is 11.4 Å². The van der Waals surface area contributed by atoms with E-state index in [-0.39, 0.29) is 0 Å². The molecule has 0 amide bonds. The molecule has 96 valence electrons. The van der Waals surface area contributed by atoms with E-state index < -0.39 is 11.4 Å². The van der Waals surface area contributed by atoms with Crippen LogP contribution in [0.5, 0.6) is 0 Å². The van der Waals surface area contributed by atoms with E-state index in [2.05, 4.69) is 9.40 Å². The maximum absolute atomic E-state index is 11.8. The van der Waals surface area contributed by atoms with Gasteiger partial charge in [-0.3, -0.25) is 4.98 Å². The van der Waals surface area contributed by atoms with Crippen LogP contribution in [0.4, 0.5) is 0 Å². The average Bonchev–Trinajstić information content (AvgIpc) is 2.76. The molecule has 0 spiro atoms. The minimum Gasteiger partial charge on any atom is -0.372 e. The number of fused-ring (bicyclic) bond motifs is 1. The topological polar surface area (TPSA) is 63.1 Å². The lowest BCUT2D eigenvalue weighted by atomic mass is 10.1. The van der Waals surface area contributed by atoms with E-state index in [1.807, 2.05) is 0 Å². The molecular weight excluding hydrogens is 309 g/mol. The van der Waals surface area contributed by atoms with Gasteiger partial charge in [0.15, 0.2) is 0 Å². The van der Waals surface area contributed by atoms with Crippen LogP contribution in [-0.4, -0.2) is 4.98 Å². The van der Waals surface area contributed by atoms with Gasteiger partial charge in [0.1, 0.15) is 10.2 Å². The van der Waals surface area contributed by atoms with Crippen LogP contribution in [-0.2, 0) is 0 Å². The Labute approximate surface area is 120 Å². The number of rotatable bonds is 1. The van der Waals surface area contributed by atoms with Crippen molar-refractivity contribution in [1.82, 2.24) is 4.98 Å². The van der Waals surface area contributed by atoms with Gasteiger partial charge < -0.3 is 4.42 Å². The molecule has 0 aliphatic heterocycles. The Morgan fingerprint density at radius 1 is 1.16 bits per heavy atom. The summed E-state index contributed by atoms with van der Waals surface area (Å²) in [5, 5.41) is 2.93. The van der Waals surface area contributed by atoms with Crippen molar-refractivity contribution in [1.29, 1.82) is 0 Å². The molecule has 1 N–H and O–H groups in total. The molecule has 0 bridgehead atoms. The highest BCUT2D eigenvalue weighted by molar-refractivity contribution is 7.17. The summed E-state index contributed by atoms with van der Waals surface area (Å²) in [6.45, 7) is 0. The van der Waals surface area contributed by atoms with Gasteiger partial charge in [-0.15, -0.1) is 11.3 Å². The largest absolute Gasteiger partial charge is 0.420 e. The summed E-state index contributed by atoms with van der Waals surface area (Å²) >= 11 is 13.1. The van der Waals surface area contributed by atoms with Crippen molar-refractivity contribution < 1.29 is 4.42 Å². The molecule has 0 aliphatic rings. The van der Waals surface area contributed by atoms with Gasteiger partial charge in [0, 0.05) is 10.9 Å². The van der Waals surface area contributed by atoms with Crippen LogP contribution in [0.15, 0.2) is 37.6 Å². The Bertz CT molecular complexity index is 894. The molecule has 7 heteroatoms. The zero-order valence-corrected chi connectivity index (χ0v) is 11.5. The summed E-state index contributed by atoms with van der Waals surface area (Å²) in [7, 11) is 0. The van der Waals surface area contributed by atoms with E-state index in [1.54, 1.807) is 23.6 Å². The van der Waals surface area contributed by atoms with Crippen LogP contribution in [0.2, 0.25) is 10.0 Å². The first-order valence-corrected chi connectivity index (χ1v) is 6.80. The van der Waals surface area contributed by atoms with Crippen LogP contribution in [0.1, 0.15) is 0 Å². The van der Waals surface area contributed by atoms with Crippen molar-refractivity contribution in [2.75, 3.05) is 0 Å². The number of halogens is 2. The fourth-order valence-corrected chi connectivity index (χ4v) is 3.02. The third-order valence-corrected chi connectivity index (χ3v) is 4.26. The maximum atomic E-state index is 11.8. The number of aromatic amines is 1. The van der Waals surface area contributed by atoms with Crippen LogP contribution in [0.3, 0.4) is 0 Å². The Morgan fingerprint density at radius 3 is 2.68 bits per heavy atom. The van der Waals surface area contributed by atoms with Gasteiger partial charge in [0.2, 0.25) is 0 Å². The maximum Gasteiger partial charge on any atom is 0.420 e. The fraction of sp³-hybridized carbons (Fsp3) is 0. The number of H-pyrrole nitrogens is 1. The van der Waals surface area contributed by atoms with E-state index in [4.69, 9.17) is 23.2 Å². The van der Waals surface area contributed by atoms with Crippen molar-refractivity contribution in [2.24, 2.45) is 0 Å². The molecule has 0 fully saturated rings. The second-order valence-corrected chi connectivity index (χ2v) is 5.48. The second-order valence-electron chi connectivity index (χ2n) is 3.78. The molecular formula is C12H5Cl2NO3S. The second kappa shape index (κ2) is 4.52. The summed E-state index contributed by atoms with van der Waals surface area (Å²) in [6, 6.07) is 5.06. The zero-order chi connectivity index (χ0) is 13.6. The molecule has 3 aromatic rings. The Kier molecular flexibility index (Phi) is 2.97. The van der Waals surface area contributed by atoms with E-state index in [9.17, 15) is 9.59 Å². The summed E-state index contributed by atoms with van der Waals surface area (Å²) in [4.78, 5) is 25.8. The molecule has 0 saturated heterocycles. The monoisotopic (exact) mass is 313 g/mol. The van der Waals surface area contributed by atoms with Crippen molar-refractivity contribution in [2.45, 2.75) is 0 Å². The van der Waals surface area contributed by atoms with Gasteiger partial charge in [-0.25, -0.2) is 9.59 Å². The predicted octanol–water partition coefficient (Wildman–Crippen LogP) is 3.52. The standard InChI is InChI=1S/C12H5Cl2NO3S/c13-7-2-1-5(3-8(7)14)6-4-19-10-9(6)11(16)18-12(17)15-10/h1-4H,(H,15,17). The average molecular weight is 314 g/mol. The number of thiophene rings is 1. The van der Waals surface area contributed by atoms with Crippen molar-refractivity contribution in [3.05, 3.63) is 54.6 Å². The van der Waals surface area contributed by atoms with Gasteiger partial charge in [-0.1, -0.05) is 29.3 Å². The van der Waals surface area contributed by atoms with Gasteiger partial charge in [0.05, 0.1) is 10.0 Å². The first-order valence-electron chi connectivity index (χ1n) is 5.16. The van der Waals surface area contributed by atoms with E-state index in [0.29, 0.717) is 25.8 Å². The Hall–Kier alpha value is -1.56. The molecule has 2 aromatic heterocycles. The lowest BCUT2D eigenvalue weighted by Gasteiger charge is -2.01. The number of nitrogens with one attached hydrogen (secondary N) is 1. The number of aromatic nitrogens is 1. The molecule has 1 aromatic carbocycles. The predicted molar refractivity (Wildman–Crippen MR) is 76.4 cm³/mol. The molecule has 0 atom stereocenters. The number of hydrogen-bond donors (Lipinski definition) is 1. The molecule has 19 heavy (non-hydrogen) atoms. The van der Waals surface area contributed by atoms with Crippen LogP contribution >= 0.6 is 34.5 Å². The zero-order valence-electron chi connectivity index (χ0n) is 9.20. The third-order valence-electron chi connectivity index (χ3n) is 2.63. The minimum atomic E-state index is -0.764.